The van der Waals surface area contributed by atoms with Crippen molar-refractivity contribution in [1.29, 1.82) is 0 Å². The molecule has 0 amide bonds. The van der Waals surface area contributed by atoms with Crippen LogP contribution >= 0.6 is 0 Å². The van der Waals surface area contributed by atoms with Crippen LogP contribution in [0.4, 0.5) is 10.1 Å². The third-order valence-electron chi connectivity index (χ3n) is 7.30. The van der Waals surface area contributed by atoms with Gasteiger partial charge >= 0.3 is 5.97 Å². The van der Waals surface area contributed by atoms with Gasteiger partial charge in [0.1, 0.15) is 11.3 Å². The number of aliphatic hydroxyl groups excluding tert-OH is 1. The number of hydrogen-bond donors (Lipinski definition) is 2. The molecule has 2 aliphatic heterocycles. The normalized spacial score (nSPS) is 20.6. The lowest BCUT2D eigenvalue weighted by molar-refractivity contribution is 0.00654. The van der Waals surface area contributed by atoms with E-state index in [1.165, 1.54) is 13.3 Å². The van der Waals surface area contributed by atoms with Crippen LogP contribution in [0.2, 0.25) is 0 Å². The maximum atomic E-state index is 15.5. The number of benzene rings is 1. The number of aliphatic hydroxyl groups is 1. The summed E-state index contributed by atoms with van der Waals surface area (Å²) in [7, 11) is 1.45. The van der Waals surface area contributed by atoms with E-state index < -0.39 is 23.3 Å². The molecule has 3 fully saturated rings. The molecule has 0 spiro atoms. The van der Waals surface area contributed by atoms with Crippen molar-refractivity contribution < 1.29 is 28.9 Å². The van der Waals surface area contributed by atoms with Crippen molar-refractivity contribution in [2.24, 2.45) is 0 Å². The second kappa shape index (κ2) is 10.3. The Hall–Kier alpha value is -2.73. The van der Waals surface area contributed by atoms with Gasteiger partial charge in [-0.15, -0.1) is 0 Å². The molecule has 3 aliphatic rings. The van der Waals surface area contributed by atoms with Crippen molar-refractivity contribution in [2.75, 3.05) is 77.6 Å². The van der Waals surface area contributed by atoms with Gasteiger partial charge in [-0.25, -0.2) is 9.18 Å². The molecule has 1 aromatic heterocycles. The fourth-order valence-corrected chi connectivity index (χ4v) is 5.32. The number of pyridine rings is 1. The van der Waals surface area contributed by atoms with Gasteiger partial charge in [-0.2, -0.15) is 0 Å². The van der Waals surface area contributed by atoms with E-state index in [2.05, 4.69) is 9.80 Å². The molecule has 1 unspecified atom stereocenters. The first kappa shape index (κ1) is 24.9. The van der Waals surface area contributed by atoms with E-state index in [0.717, 1.165) is 32.0 Å². The fourth-order valence-electron chi connectivity index (χ4n) is 5.32. The predicted octanol–water partition coefficient (Wildman–Crippen LogP) is 0.997. The maximum absolute atomic E-state index is 15.5. The zero-order valence-corrected chi connectivity index (χ0v) is 20.5. The molecule has 1 atom stereocenters. The first-order valence-corrected chi connectivity index (χ1v) is 12.5. The average Bonchev–Trinajstić information content (AvgIpc) is 3.70. The number of piperazine rings is 1. The number of aromatic nitrogens is 1. The highest BCUT2D eigenvalue weighted by atomic mass is 19.1. The second-order valence-electron chi connectivity index (χ2n) is 9.81. The summed E-state index contributed by atoms with van der Waals surface area (Å²) in [5, 5.41) is 20.1. The van der Waals surface area contributed by atoms with Gasteiger partial charge in [0.05, 0.1) is 37.3 Å². The van der Waals surface area contributed by atoms with E-state index in [9.17, 15) is 19.8 Å². The number of carbonyl (C=O) groups is 1. The van der Waals surface area contributed by atoms with Gasteiger partial charge in [0.15, 0.2) is 11.6 Å². The van der Waals surface area contributed by atoms with Gasteiger partial charge in [-0.05, 0) is 18.9 Å². The van der Waals surface area contributed by atoms with Gasteiger partial charge in [0.25, 0.3) is 0 Å². The molecular formula is C25H33FN4O6. The van der Waals surface area contributed by atoms with Crippen LogP contribution in [-0.4, -0.2) is 109 Å². The summed E-state index contributed by atoms with van der Waals surface area (Å²) in [5.74, 6) is -1.68. The number of nitrogens with zero attached hydrogens (tertiary/aromatic N) is 4. The highest BCUT2D eigenvalue weighted by Gasteiger charge is 2.32. The molecule has 1 aromatic carbocycles. The van der Waals surface area contributed by atoms with E-state index in [-0.39, 0.29) is 28.4 Å². The largest absolute Gasteiger partial charge is 0.492 e. The van der Waals surface area contributed by atoms with E-state index in [1.807, 2.05) is 4.90 Å². The zero-order chi connectivity index (χ0) is 25.4. The molecule has 5 rings (SSSR count). The van der Waals surface area contributed by atoms with E-state index >= 15 is 4.39 Å². The number of hydrogen-bond acceptors (Lipinski definition) is 8. The molecule has 196 valence electrons. The molecule has 10 nitrogen and oxygen atoms in total. The van der Waals surface area contributed by atoms with Crippen molar-refractivity contribution in [2.45, 2.75) is 25.0 Å². The Morgan fingerprint density at radius 1 is 1.14 bits per heavy atom. The number of methoxy groups -OCH3 is 1. The quantitative estimate of drug-likeness (QED) is 0.544. The van der Waals surface area contributed by atoms with Crippen LogP contribution in [0.3, 0.4) is 0 Å². The number of ether oxygens (including phenoxy) is 2. The summed E-state index contributed by atoms with van der Waals surface area (Å²) in [6.45, 7) is 6.54. The molecule has 2 aromatic rings. The minimum Gasteiger partial charge on any atom is -0.492 e. The molecule has 2 saturated heterocycles. The Labute approximate surface area is 208 Å². The average molecular weight is 505 g/mol. The van der Waals surface area contributed by atoms with Crippen molar-refractivity contribution in [1.82, 2.24) is 14.4 Å². The molecule has 0 bridgehead atoms. The molecule has 1 aliphatic carbocycles. The monoisotopic (exact) mass is 504 g/mol. The van der Waals surface area contributed by atoms with E-state index in [4.69, 9.17) is 9.47 Å². The number of halogens is 1. The van der Waals surface area contributed by atoms with Crippen LogP contribution < -0.4 is 15.1 Å². The minimum atomic E-state index is -1.33. The summed E-state index contributed by atoms with van der Waals surface area (Å²) in [6, 6.07) is 1.21. The molecule has 11 heteroatoms. The molecular weight excluding hydrogens is 471 g/mol. The lowest BCUT2D eigenvalue weighted by Gasteiger charge is -2.38. The Balaban J connectivity index is 1.37. The smallest absolute Gasteiger partial charge is 0.341 e. The molecule has 0 radical (unpaired) electrons. The van der Waals surface area contributed by atoms with Crippen LogP contribution in [0.15, 0.2) is 17.1 Å². The SMILES string of the molecule is COc1c(N2CCN(CC(O)CN3CCOCC3)CC2)c(F)cc2c(=O)c(C(=O)O)cn(C3CC3)c12. The van der Waals surface area contributed by atoms with Crippen molar-refractivity contribution in [3.63, 3.8) is 0 Å². The first-order chi connectivity index (χ1) is 17.4. The van der Waals surface area contributed by atoms with Gasteiger partial charge in [0, 0.05) is 64.6 Å². The Morgan fingerprint density at radius 2 is 1.78 bits per heavy atom. The number of carboxylic acids is 1. The molecule has 3 heterocycles. The number of carboxylic acid groups (broad SMARTS) is 1. The zero-order valence-electron chi connectivity index (χ0n) is 20.5. The van der Waals surface area contributed by atoms with Crippen LogP contribution in [0.1, 0.15) is 29.2 Å². The molecule has 36 heavy (non-hydrogen) atoms. The first-order valence-electron chi connectivity index (χ1n) is 12.5. The maximum Gasteiger partial charge on any atom is 0.341 e. The lowest BCUT2D eigenvalue weighted by atomic mass is 10.1. The van der Waals surface area contributed by atoms with E-state index in [0.29, 0.717) is 58.0 Å². The fraction of sp³-hybridized carbons (Fsp3) is 0.600. The standard InChI is InChI=1S/C25H33FN4O6/c1-35-24-21-18(23(32)19(25(33)34)15-30(21)16-2-3-16)12-20(26)22(24)29-6-4-27(5-7-29)13-17(31)14-28-8-10-36-11-9-28/h12,15-17,31H,2-11,13-14H2,1H3,(H,33,34). The summed E-state index contributed by atoms with van der Waals surface area (Å²) < 4.78 is 28.3. The third-order valence-corrected chi connectivity index (χ3v) is 7.30. The Kier molecular flexibility index (Phi) is 7.16. The lowest BCUT2D eigenvalue weighted by Crippen LogP contribution is -2.51. The third kappa shape index (κ3) is 4.93. The Morgan fingerprint density at radius 3 is 2.36 bits per heavy atom. The van der Waals surface area contributed by atoms with Gasteiger partial charge < -0.3 is 29.2 Å². The number of β-amino-alcohol motifs (C(OH)–C–C–N with tert-alkyl or cyclic N) is 1. The van der Waals surface area contributed by atoms with Crippen LogP contribution in [0.25, 0.3) is 10.9 Å². The number of rotatable bonds is 8. The Bertz CT molecular complexity index is 1190. The summed E-state index contributed by atoms with van der Waals surface area (Å²) in [5.41, 5.74) is -0.352. The summed E-state index contributed by atoms with van der Waals surface area (Å²) in [6.07, 6.45) is 2.61. The predicted molar refractivity (Wildman–Crippen MR) is 132 cm³/mol. The van der Waals surface area contributed by atoms with Crippen molar-refractivity contribution in [3.05, 3.63) is 33.9 Å². The van der Waals surface area contributed by atoms with Crippen LogP contribution in [0, 0.1) is 5.82 Å². The number of aromatic carboxylic acids is 1. The number of anilines is 1. The van der Waals surface area contributed by atoms with Crippen LogP contribution in [-0.2, 0) is 4.74 Å². The minimum absolute atomic E-state index is 0.0183. The molecule has 1 saturated carbocycles. The highest BCUT2D eigenvalue weighted by molar-refractivity contribution is 5.97. The number of fused-ring (bicyclic) bond motifs is 1. The summed E-state index contributed by atoms with van der Waals surface area (Å²) >= 11 is 0. The van der Waals surface area contributed by atoms with Gasteiger partial charge in [-0.1, -0.05) is 0 Å². The van der Waals surface area contributed by atoms with E-state index in [1.54, 1.807) is 4.57 Å². The topological polar surface area (TPSA) is 108 Å². The van der Waals surface area contributed by atoms with Crippen molar-refractivity contribution in [3.8, 4) is 5.75 Å². The van der Waals surface area contributed by atoms with Gasteiger partial charge in [0.2, 0.25) is 5.43 Å². The van der Waals surface area contributed by atoms with Crippen LogP contribution in [0.5, 0.6) is 5.75 Å². The number of morpholine rings is 1. The molecule has 2 N–H and O–H groups in total. The van der Waals surface area contributed by atoms with Gasteiger partial charge in [-0.3, -0.25) is 14.6 Å². The highest BCUT2D eigenvalue weighted by Crippen LogP contribution is 2.43. The summed E-state index contributed by atoms with van der Waals surface area (Å²) in [4.78, 5) is 30.8. The van der Waals surface area contributed by atoms with Crippen molar-refractivity contribution >= 4 is 22.6 Å². The second-order valence-corrected chi connectivity index (χ2v) is 9.81.